The second kappa shape index (κ2) is 11.2. The first kappa shape index (κ1) is 19.8. The van der Waals surface area contributed by atoms with Crippen molar-refractivity contribution < 1.29 is 9.47 Å². The van der Waals surface area contributed by atoms with Crippen molar-refractivity contribution in [2.75, 3.05) is 25.1 Å². The SMILES string of the molecule is C=CCOc1cccc(NC(=S)NCCCc2ccc(OCC)cc2)c1. The van der Waals surface area contributed by atoms with E-state index in [0.29, 0.717) is 18.3 Å². The fourth-order valence-corrected chi connectivity index (χ4v) is 2.63. The highest BCUT2D eigenvalue weighted by molar-refractivity contribution is 7.80. The van der Waals surface area contributed by atoms with Gasteiger partial charge in [-0.3, -0.25) is 0 Å². The van der Waals surface area contributed by atoms with Gasteiger partial charge in [0.05, 0.1) is 6.61 Å². The summed E-state index contributed by atoms with van der Waals surface area (Å²) in [6.45, 7) is 7.62. The van der Waals surface area contributed by atoms with Crippen molar-refractivity contribution >= 4 is 23.0 Å². The van der Waals surface area contributed by atoms with E-state index in [4.69, 9.17) is 21.7 Å². The summed E-state index contributed by atoms with van der Waals surface area (Å²) in [6, 6.07) is 15.9. The molecule has 0 saturated carbocycles. The molecular weight excluding hydrogens is 344 g/mol. The molecule has 0 saturated heterocycles. The van der Waals surface area contributed by atoms with Gasteiger partial charge in [-0.25, -0.2) is 0 Å². The predicted octanol–water partition coefficient (Wildman–Crippen LogP) is 4.57. The van der Waals surface area contributed by atoms with E-state index in [9.17, 15) is 0 Å². The molecule has 5 heteroatoms. The van der Waals surface area contributed by atoms with Gasteiger partial charge in [0.15, 0.2) is 5.11 Å². The zero-order valence-electron chi connectivity index (χ0n) is 15.2. The van der Waals surface area contributed by atoms with E-state index >= 15 is 0 Å². The summed E-state index contributed by atoms with van der Waals surface area (Å²) in [7, 11) is 0. The number of thiocarbonyl (C=S) groups is 1. The van der Waals surface area contributed by atoms with Gasteiger partial charge in [0, 0.05) is 18.3 Å². The van der Waals surface area contributed by atoms with Crippen LogP contribution >= 0.6 is 12.2 Å². The lowest BCUT2D eigenvalue weighted by Gasteiger charge is -2.12. The van der Waals surface area contributed by atoms with Crippen molar-refractivity contribution in [3.05, 3.63) is 66.7 Å². The molecule has 0 atom stereocenters. The third-order valence-electron chi connectivity index (χ3n) is 3.62. The van der Waals surface area contributed by atoms with Crippen LogP contribution in [0.4, 0.5) is 5.69 Å². The minimum atomic E-state index is 0.484. The van der Waals surface area contributed by atoms with Gasteiger partial charge in [-0.2, -0.15) is 0 Å². The lowest BCUT2D eigenvalue weighted by atomic mass is 10.1. The normalized spacial score (nSPS) is 10.0. The average molecular weight is 371 g/mol. The van der Waals surface area contributed by atoms with Crippen LogP contribution in [0.15, 0.2) is 61.2 Å². The van der Waals surface area contributed by atoms with Crippen LogP contribution < -0.4 is 20.1 Å². The van der Waals surface area contributed by atoms with Gasteiger partial charge in [0.1, 0.15) is 18.1 Å². The van der Waals surface area contributed by atoms with Crippen LogP contribution in [0.5, 0.6) is 11.5 Å². The monoisotopic (exact) mass is 370 g/mol. The Morgan fingerprint density at radius 2 is 1.92 bits per heavy atom. The third kappa shape index (κ3) is 7.15. The van der Waals surface area contributed by atoms with Crippen molar-refractivity contribution in [3.8, 4) is 11.5 Å². The molecule has 138 valence electrons. The molecule has 0 bridgehead atoms. The Morgan fingerprint density at radius 3 is 2.65 bits per heavy atom. The minimum Gasteiger partial charge on any atom is -0.494 e. The van der Waals surface area contributed by atoms with E-state index in [1.807, 2.05) is 43.3 Å². The van der Waals surface area contributed by atoms with Crippen LogP contribution in [0.25, 0.3) is 0 Å². The fourth-order valence-electron chi connectivity index (χ4n) is 2.41. The summed E-state index contributed by atoms with van der Waals surface area (Å²) < 4.78 is 11.0. The Hall–Kier alpha value is -2.53. The van der Waals surface area contributed by atoms with Crippen LogP contribution in [-0.4, -0.2) is 24.9 Å². The van der Waals surface area contributed by atoms with Gasteiger partial charge in [-0.05, 0) is 61.8 Å². The second-order valence-corrected chi connectivity index (χ2v) is 6.10. The number of hydrogen-bond donors (Lipinski definition) is 2. The summed E-state index contributed by atoms with van der Waals surface area (Å²) in [6.07, 6.45) is 3.71. The second-order valence-electron chi connectivity index (χ2n) is 5.69. The molecule has 0 aromatic heterocycles. The molecule has 2 aromatic carbocycles. The molecule has 0 aliphatic rings. The first-order valence-corrected chi connectivity index (χ1v) is 9.22. The number of benzene rings is 2. The molecule has 2 N–H and O–H groups in total. The zero-order valence-corrected chi connectivity index (χ0v) is 16.0. The van der Waals surface area contributed by atoms with Gasteiger partial charge in [0.2, 0.25) is 0 Å². The topological polar surface area (TPSA) is 42.5 Å². The summed E-state index contributed by atoms with van der Waals surface area (Å²) in [5, 5.41) is 7.02. The predicted molar refractivity (Wildman–Crippen MR) is 112 cm³/mol. The molecule has 4 nitrogen and oxygen atoms in total. The van der Waals surface area contributed by atoms with Crippen molar-refractivity contribution in [2.45, 2.75) is 19.8 Å². The van der Waals surface area contributed by atoms with Gasteiger partial charge in [-0.1, -0.05) is 30.9 Å². The molecule has 0 aliphatic carbocycles. The maximum absolute atomic E-state index is 5.52. The minimum absolute atomic E-state index is 0.484. The molecule has 2 rings (SSSR count). The van der Waals surface area contributed by atoms with E-state index in [-0.39, 0.29) is 0 Å². The van der Waals surface area contributed by atoms with Crippen molar-refractivity contribution in [1.29, 1.82) is 0 Å². The number of ether oxygens (including phenoxy) is 2. The summed E-state index contributed by atoms with van der Waals surface area (Å²) in [5.41, 5.74) is 2.19. The molecule has 0 aliphatic heterocycles. The van der Waals surface area contributed by atoms with Crippen LogP contribution in [0.3, 0.4) is 0 Å². The average Bonchev–Trinajstić information content (AvgIpc) is 2.65. The maximum atomic E-state index is 5.52. The van der Waals surface area contributed by atoms with Crippen LogP contribution in [-0.2, 0) is 6.42 Å². The molecular formula is C21H26N2O2S. The van der Waals surface area contributed by atoms with E-state index in [1.165, 1.54) is 5.56 Å². The molecule has 2 aromatic rings. The number of anilines is 1. The van der Waals surface area contributed by atoms with E-state index in [0.717, 1.165) is 36.6 Å². The molecule has 0 radical (unpaired) electrons. The highest BCUT2D eigenvalue weighted by Crippen LogP contribution is 2.17. The lowest BCUT2D eigenvalue weighted by Crippen LogP contribution is -2.29. The summed E-state index contributed by atoms with van der Waals surface area (Å²) in [5.74, 6) is 1.70. The van der Waals surface area contributed by atoms with Crippen molar-refractivity contribution in [2.24, 2.45) is 0 Å². The fraction of sp³-hybridized carbons (Fsp3) is 0.286. The van der Waals surface area contributed by atoms with Crippen molar-refractivity contribution in [1.82, 2.24) is 5.32 Å². The lowest BCUT2D eigenvalue weighted by molar-refractivity contribution is 0.340. The highest BCUT2D eigenvalue weighted by Gasteiger charge is 2.00. The standard InChI is InChI=1S/C21H26N2O2S/c1-3-15-25-20-9-5-8-18(16-20)23-21(26)22-14-6-7-17-10-12-19(13-11-17)24-4-2/h3,5,8-13,16H,1,4,6-7,14-15H2,2H3,(H2,22,23,26). The number of nitrogens with one attached hydrogen (secondary N) is 2. The van der Waals surface area contributed by atoms with E-state index < -0.39 is 0 Å². The zero-order chi connectivity index (χ0) is 18.6. The largest absolute Gasteiger partial charge is 0.494 e. The van der Waals surface area contributed by atoms with Crippen molar-refractivity contribution in [3.63, 3.8) is 0 Å². The maximum Gasteiger partial charge on any atom is 0.170 e. The Balaban J connectivity index is 1.69. The highest BCUT2D eigenvalue weighted by atomic mass is 32.1. The number of rotatable bonds is 10. The summed E-state index contributed by atoms with van der Waals surface area (Å²) in [4.78, 5) is 0. The number of hydrogen-bond acceptors (Lipinski definition) is 3. The number of aryl methyl sites for hydroxylation is 1. The Morgan fingerprint density at radius 1 is 1.12 bits per heavy atom. The van der Waals surface area contributed by atoms with Crippen LogP contribution in [0.2, 0.25) is 0 Å². The van der Waals surface area contributed by atoms with E-state index in [2.05, 4.69) is 29.3 Å². The smallest absolute Gasteiger partial charge is 0.170 e. The molecule has 0 heterocycles. The Labute approximate surface area is 161 Å². The molecule has 0 amide bonds. The van der Waals surface area contributed by atoms with Gasteiger partial charge in [0.25, 0.3) is 0 Å². The van der Waals surface area contributed by atoms with Crippen LogP contribution in [0.1, 0.15) is 18.9 Å². The Bertz CT molecular complexity index is 701. The molecule has 26 heavy (non-hydrogen) atoms. The van der Waals surface area contributed by atoms with Crippen LogP contribution in [0, 0.1) is 0 Å². The molecule has 0 fully saturated rings. The van der Waals surface area contributed by atoms with Gasteiger partial charge in [-0.15, -0.1) is 0 Å². The van der Waals surface area contributed by atoms with Gasteiger partial charge < -0.3 is 20.1 Å². The quantitative estimate of drug-likeness (QED) is 0.364. The summed E-state index contributed by atoms with van der Waals surface area (Å²) >= 11 is 5.35. The first-order chi connectivity index (χ1) is 12.7. The van der Waals surface area contributed by atoms with Gasteiger partial charge >= 0.3 is 0 Å². The first-order valence-electron chi connectivity index (χ1n) is 8.81. The molecule has 0 unspecified atom stereocenters. The van der Waals surface area contributed by atoms with E-state index in [1.54, 1.807) is 6.08 Å². The Kier molecular flexibility index (Phi) is 8.49. The third-order valence-corrected chi connectivity index (χ3v) is 3.87. The molecule has 0 spiro atoms.